The monoisotopic (exact) mass is 272 g/mol. The Morgan fingerprint density at radius 3 is 2.80 bits per heavy atom. The number of hydrogen-bond donors (Lipinski definition) is 1. The van der Waals surface area contributed by atoms with Gasteiger partial charge in [-0.1, -0.05) is 35.2 Å². The van der Waals surface area contributed by atoms with Crippen molar-refractivity contribution in [3.05, 3.63) is 34.1 Å². The van der Waals surface area contributed by atoms with E-state index < -0.39 is 6.10 Å². The molecule has 0 heterocycles. The molecule has 0 aromatic heterocycles. The van der Waals surface area contributed by atoms with Crippen molar-refractivity contribution >= 4 is 15.9 Å². The molecule has 82 valence electrons. The normalized spacial score (nSPS) is 18.6. The maximum absolute atomic E-state index is 13.4. The molecule has 0 spiro atoms. The standard InChI is InChI=1S/C12H14BrFO/c13-9-4-5-11(14)10(7-9)12(15)6-8-2-1-3-8/h4-5,7-8,12,15H,1-3,6H2. The molecule has 1 unspecified atom stereocenters. The number of halogens is 2. The van der Waals surface area contributed by atoms with Crippen molar-refractivity contribution in [2.75, 3.05) is 0 Å². The van der Waals surface area contributed by atoms with Gasteiger partial charge >= 0.3 is 0 Å². The van der Waals surface area contributed by atoms with Crippen molar-refractivity contribution in [3.8, 4) is 0 Å². The third kappa shape index (κ3) is 2.58. The van der Waals surface area contributed by atoms with Gasteiger partial charge < -0.3 is 5.11 Å². The Morgan fingerprint density at radius 2 is 2.20 bits per heavy atom. The van der Waals surface area contributed by atoms with Crippen LogP contribution in [-0.2, 0) is 0 Å². The van der Waals surface area contributed by atoms with Gasteiger partial charge in [0.25, 0.3) is 0 Å². The molecule has 1 saturated carbocycles. The Balaban J connectivity index is 2.09. The maximum atomic E-state index is 13.4. The van der Waals surface area contributed by atoms with Gasteiger partial charge in [0.2, 0.25) is 0 Å². The fourth-order valence-corrected chi connectivity index (χ4v) is 2.32. The second-order valence-corrected chi connectivity index (χ2v) is 5.13. The summed E-state index contributed by atoms with van der Waals surface area (Å²) in [5.74, 6) is 0.267. The number of benzene rings is 1. The molecule has 0 aliphatic heterocycles. The molecule has 0 bridgehead atoms. The first kappa shape index (κ1) is 11.1. The summed E-state index contributed by atoms with van der Waals surface area (Å²) < 4.78 is 14.2. The Morgan fingerprint density at radius 1 is 1.47 bits per heavy atom. The highest BCUT2D eigenvalue weighted by Crippen LogP contribution is 2.35. The molecule has 0 saturated heterocycles. The molecule has 2 rings (SSSR count). The maximum Gasteiger partial charge on any atom is 0.129 e. The van der Waals surface area contributed by atoms with Gasteiger partial charge in [0.05, 0.1) is 6.10 Å². The highest BCUT2D eigenvalue weighted by atomic mass is 79.9. The molecule has 1 nitrogen and oxygen atoms in total. The lowest BCUT2D eigenvalue weighted by Crippen LogP contribution is -2.15. The third-order valence-corrected chi connectivity index (χ3v) is 3.59. The predicted molar refractivity (Wildman–Crippen MR) is 61.0 cm³/mol. The van der Waals surface area contributed by atoms with Crippen molar-refractivity contribution in [3.63, 3.8) is 0 Å². The molecular formula is C12H14BrFO. The van der Waals surface area contributed by atoms with E-state index >= 15 is 0 Å². The smallest absolute Gasteiger partial charge is 0.129 e. The fraction of sp³-hybridized carbons (Fsp3) is 0.500. The summed E-state index contributed by atoms with van der Waals surface area (Å²) in [4.78, 5) is 0. The van der Waals surface area contributed by atoms with Gasteiger partial charge in [-0.2, -0.15) is 0 Å². The molecule has 1 atom stereocenters. The van der Waals surface area contributed by atoms with Gasteiger partial charge in [0, 0.05) is 10.0 Å². The molecule has 0 amide bonds. The number of hydrogen-bond acceptors (Lipinski definition) is 1. The van der Waals surface area contributed by atoms with Gasteiger partial charge in [0.1, 0.15) is 5.82 Å². The Kier molecular flexibility index (Phi) is 3.42. The summed E-state index contributed by atoms with van der Waals surface area (Å²) in [6.07, 6.45) is 3.62. The molecule has 1 aromatic rings. The summed E-state index contributed by atoms with van der Waals surface area (Å²) in [5.41, 5.74) is 0.413. The summed E-state index contributed by atoms with van der Waals surface area (Å²) >= 11 is 3.28. The molecule has 1 aliphatic rings. The van der Waals surface area contributed by atoms with Crippen molar-refractivity contribution in [1.29, 1.82) is 0 Å². The summed E-state index contributed by atoms with van der Waals surface area (Å²) in [6.45, 7) is 0. The van der Waals surface area contributed by atoms with Crippen LogP contribution in [0.25, 0.3) is 0 Å². The second kappa shape index (κ2) is 4.62. The predicted octanol–water partition coefficient (Wildman–Crippen LogP) is 3.81. The van der Waals surface area contributed by atoms with Crippen molar-refractivity contribution in [1.82, 2.24) is 0 Å². The zero-order valence-corrected chi connectivity index (χ0v) is 10.0. The SMILES string of the molecule is OC(CC1CCC1)c1cc(Br)ccc1F. The second-order valence-electron chi connectivity index (χ2n) is 4.21. The molecule has 1 N–H and O–H groups in total. The van der Waals surface area contributed by atoms with Crippen LogP contribution < -0.4 is 0 Å². The molecule has 15 heavy (non-hydrogen) atoms. The van der Waals surface area contributed by atoms with Gasteiger partial charge in [0.15, 0.2) is 0 Å². The zero-order valence-electron chi connectivity index (χ0n) is 8.42. The summed E-state index contributed by atoms with van der Waals surface area (Å²) in [7, 11) is 0. The van der Waals surface area contributed by atoms with Crippen molar-refractivity contribution in [2.24, 2.45) is 5.92 Å². The van der Waals surface area contributed by atoms with Gasteiger partial charge in [-0.05, 0) is 30.5 Å². The Hall–Kier alpha value is -0.410. The largest absolute Gasteiger partial charge is 0.388 e. The lowest BCUT2D eigenvalue weighted by atomic mass is 9.80. The van der Waals surface area contributed by atoms with Crippen LogP contribution in [0.15, 0.2) is 22.7 Å². The van der Waals surface area contributed by atoms with E-state index in [0.29, 0.717) is 17.9 Å². The van der Waals surface area contributed by atoms with E-state index in [2.05, 4.69) is 15.9 Å². The van der Waals surface area contributed by atoms with Crippen LogP contribution in [0.4, 0.5) is 4.39 Å². The van der Waals surface area contributed by atoms with Crippen LogP contribution in [0.3, 0.4) is 0 Å². The molecule has 1 fully saturated rings. The average Bonchev–Trinajstić information content (AvgIpc) is 2.15. The first-order chi connectivity index (χ1) is 7.16. The Labute approximate surface area is 97.4 Å². The minimum atomic E-state index is -0.659. The highest BCUT2D eigenvalue weighted by Gasteiger charge is 2.23. The van der Waals surface area contributed by atoms with E-state index in [1.165, 1.54) is 25.3 Å². The van der Waals surface area contributed by atoms with E-state index in [1.807, 2.05) is 0 Å². The number of aliphatic hydroxyl groups is 1. The fourth-order valence-electron chi connectivity index (χ4n) is 1.94. The van der Waals surface area contributed by atoms with E-state index in [0.717, 1.165) is 4.47 Å². The van der Waals surface area contributed by atoms with Crippen LogP contribution in [0.5, 0.6) is 0 Å². The van der Waals surface area contributed by atoms with Crippen molar-refractivity contribution < 1.29 is 9.50 Å². The lowest BCUT2D eigenvalue weighted by molar-refractivity contribution is 0.115. The first-order valence-corrected chi connectivity index (χ1v) is 6.09. The minimum Gasteiger partial charge on any atom is -0.388 e. The van der Waals surface area contributed by atoms with E-state index in [4.69, 9.17) is 0 Å². The first-order valence-electron chi connectivity index (χ1n) is 5.30. The quantitative estimate of drug-likeness (QED) is 0.887. The molecule has 0 radical (unpaired) electrons. The van der Waals surface area contributed by atoms with Crippen LogP contribution in [0.1, 0.15) is 37.4 Å². The molecule has 1 aliphatic carbocycles. The zero-order chi connectivity index (χ0) is 10.8. The van der Waals surface area contributed by atoms with Crippen LogP contribution >= 0.6 is 15.9 Å². The van der Waals surface area contributed by atoms with Crippen LogP contribution in [-0.4, -0.2) is 5.11 Å². The molecule has 1 aromatic carbocycles. The minimum absolute atomic E-state index is 0.315. The van der Waals surface area contributed by atoms with Gasteiger partial charge in [-0.15, -0.1) is 0 Å². The number of rotatable bonds is 3. The van der Waals surface area contributed by atoms with Crippen LogP contribution in [0, 0.1) is 11.7 Å². The van der Waals surface area contributed by atoms with E-state index in [1.54, 1.807) is 12.1 Å². The van der Waals surface area contributed by atoms with Crippen LogP contribution in [0.2, 0.25) is 0 Å². The average molecular weight is 273 g/mol. The van der Waals surface area contributed by atoms with Crippen molar-refractivity contribution in [2.45, 2.75) is 31.8 Å². The number of aliphatic hydroxyl groups excluding tert-OH is 1. The van der Waals surface area contributed by atoms with E-state index in [-0.39, 0.29) is 5.82 Å². The summed E-state index contributed by atoms with van der Waals surface area (Å²) in [6, 6.07) is 4.71. The molecule has 3 heteroatoms. The lowest BCUT2D eigenvalue weighted by Gasteiger charge is -2.27. The summed E-state index contributed by atoms with van der Waals surface area (Å²) in [5, 5.41) is 9.90. The highest BCUT2D eigenvalue weighted by molar-refractivity contribution is 9.10. The Bertz CT molecular complexity index is 349. The van der Waals surface area contributed by atoms with E-state index in [9.17, 15) is 9.50 Å². The third-order valence-electron chi connectivity index (χ3n) is 3.10. The van der Waals surface area contributed by atoms with Gasteiger partial charge in [-0.25, -0.2) is 4.39 Å². The van der Waals surface area contributed by atoms with Gasteiger partial charge in [-0.3, -0.25) is 0 Å². The molecular weight excluding hydrogens is 259 g/mol. The topological polar surface area (TPSA) is 20.2 Å².